The summed E-state index contributed by atoms with van der Waals surface area (Å²) in [5.41, 5.74) is 15.5. The van der Waals surface area contributed by atoms with Gasteiger partial charge < -0.3 is 5.11 Å². The number of aromatic hydroxyl groups is 1. The Morgan fingerprint density at radius 2 is 1.14 bits per heavy atom. The van der Waals surface area contributed by atoms with Gasteiger partial charge in [0.2, 0.25) is 0 Å². The molecule has 8 aromatic rings. The molecule has 4 heteroatoms. The van der Waals surface area contributed by atoms with Crippen LogP contribution in [0.5, 0.6) is 5.75 Å². The van der Waals surface area contributed by atoms with Crippen LogP contribution in [-0.2, 0) is 16.2 Å². The lowest BCUT2D eigenvalue weighted by molar-refractivity contribution is 0.446. The summed E-state index contributed by atoms with van der Waals surface area (Å²) in [6.07, 6.45) is 1.89. The molecule has 64 heavy (non-hydrogen) atoms. The van der Waals surface area contributed by atoms with Crippen molar-refractivity contribution in [2.45, 2.75) is 118 Å². The van der Waals surface area contributed by atoms with Crippen LogP contribution < -0.4 is 0 Å². The number of imidazole rings is 1. The highest BCUT2D eigenvalue weighted by Crippen LogP contribution is 2.45. The molecular formula is C60H65N3O. The van der Waals surface area contributed by atoms with E-state index < -0.39 is 11.8 Å². The second kappa shape index (κ2) is 16.7. The molecule has 0 aliphatic carbocycles. The molecule has 0 fully saturated rings. The highest BCUT2D eigenvalue weighted by Gasteiger charge is 2.29. The van der Waals surface area contributed by atoms with E-state index in [4.69, 9.17) is 12.7 Å². The Morgan fingerprint density at radius 1 is 0.531 bits per heavy atom. The van der Waals surface area contributed by atoms with Crippen LogP contribution in [0, 0.1) is 0 Å². The summed E-state index contributed by atoms with van der Waals surface area (Å²) < 4.78 is 20.4. The molecule has 2 heterocycles. The minimum atomic E-state index is -0.884. The summed E-state index contributed by atoms with van der Waals surface area (Å²) in [6.45, 7) is 27.4. The second-order valence-electron chi connectivity index (χ2n) is 21.0. The smallest absolute Gasteiger partial charge is 0.149 e. The first-order valence-corrected chi connectivity index (χ1v) is 22.6. The van der Waals surface area contributed by atoms with Gasteiger partial charge in [0.15, 0.2) is 0 Å². The Hall–Kier alpha value is -6.26. The van der Waals surface area contributed by atoms with Gasteiger partial charge in [0.1, 0.15) is 11.6 Å². The van der Waals surface area contributed by atoms with E-state index in [0.29, 0.717) is 11.4 Å². The van der Waals surface area contributed by atoms with Crippen LogP contribution >= 0.6 is 0 Å². The normalized spacial score (nSPS) is 13.3. The van der Waals surface area contributed by atoms with Gasteiger partial charge in [-0.3, -0.25) is 9.55 Å². The minimum Gasteiger partial charge on any atom is -0.507 e. The minimum absolute atomic E-state index is 0.159. The molecule has 2 aromatic heterocycles. The van der Waals surface area contributed by atoms with E-state index in [-0.39, 0.29) is 22.0 Å². The van der Waals surface area contributed by atoms with Crippen LogP contribution in [0.2, 0.25) is 0 Å². The zero-order valence-corrected chi connectivity index (χ0v) is 40.1. The second-order valence-corrected chi connectivity index (χ2v) is 21.0. The molecule has 0 unspecified atom stereocenters. The zero-order chi connectivity index (χ0) is 47.7. The average Bonchev–Trinajstić information content (AvgIpc) is 3.64. The van der Waals surface area contributed by atoms with Crippen molar-refractivity contribution in [3.8, 4) is 67.5 Å². The lowest BCUT2D eigenvalue weighted by Gasteiger charge is -2.27. The van der Waals surface area contributed by atoms with Crippen molar-refractivity contribution in [3.63, 3.8) is 0 Å². The van der Waals surface area contributed by atoms with Crippen LogP contribution in [0.25, 0.3) is 72.7 Å². The third kappa shape index (κ3) is 8.55. The number of rotatable bonds is 8. The predicted octanol–water partition coefficient (Wildman–Crippen LogP) is 16.6. The van der Waals surface area contributed by atoms with E-state index in [1.54, 1.807) is 0 Å². The summed E-state index contributed by atoms with van der Waals surface area (Å²) in [7, 11) is 0. The Kier molecular flexibility index (Phi) is 10.9. The summed E-state index contributed by atoms with van der Waals surface area (Å²) in [5.74, 6) is -0.903. The van der Waals surface area contributed by atoms with Crippen LogP contribution in [-0.4, -0.2) is 19.6 Å². The van der Waals surface area contributed by atoms with Gasteiger partial charge in [0, 0.05) is 31.3 Å². The first-order chi connectivity index (χ1) is 30.8. The lowest BCUT2D eigenvalue weighted by atomic mass is 9.79. The highest BCUT2D eigenvalue weighted by atomic mass is 16.3. The molecule has 0 radical (unpaired) electrons. The molecule has 0 spiro atoms. The Labute approximate surface area is 384 Å². The number of hydrogen-bond donors (Lipinski definition) is 1. The average molecular weight is 846 g/mol. The van der Waals surface area contributed by atoms with Gasteiger partial charge in [-0.15, -0.1) is 0 Å². The number of pyridine rings is 1. The molecule has 4 nitrogen and oxygen atoms in total. The quantitative estimate of drug-likeness (QED) is 0.166. The molecule has 326 valence electrons. The van der Waals surface area contributed by atoms with Gasteiger partial charge in [-0.1, -0.05) is 175 Å². The number of fused-ring (bicyclic) bond motifs is 1. The fourth-order valence-electron chi connectivity index (χ4n) is 8.82. The van der Waals surface area contributed by atoms with E-state index in [1.165, 1.54) is 5.56 Å². The van der Waals surface area contributed by atoms with Gasteiger partial charge in [-0.05, 0) is 127 Å². The number of phenols is 1. The molecule has 0 saturated heterocycles. The standard InChI is InChI=1S/C60H65N3O/c1-37(2)47-21-17-22-48(38(3)4)54(47)40-25-27-46(28-26-40)63-53-24-18-23-49(55(53)62-57(63)50-35-45(59(8,9)10)36-51(56(50)64)60(11,12)13)42-31-43(33-44(32-42)58(5,6)7)52-34-41(29-30-61-52)39-19-15-14-16-20-39/h14-38,64H,1-13H3/i37D,38D. The summed E-state index contributed by atoms with van der Waals surface area (Å²) in [4.78, 5) is 10.5. The lowest BCUT2D eigenvalue weighted by Crippen LogP contribution is -2.17. The van der Waals surface area contributed by atoms with Gasteiger partial charge in [-0.25, -0.2) is 4.98 Å². The molecule has 0 atom stereocenters. The molecule has 8 rings (SSSR count). The van der Waals surface area contributed by atoms with Gasteiger partial charge >= 0.3 is 0 Å². The molecular weight excluding hydrogens is 779 g/mol. The van der Waals surface area contributed by atoms with E-state index in [0.717, 1.165) is 83.6 Å². The van der Waals surface area contributed by atoms with E-state index >= 15 is 0 Å². The maximum absolute atomic E-state index is 12.5. The third-order valence-electron chi connectivity index (χ3n) is 12.5. The first kappa shape index (κ1) is 41.7. The monoisotopic (exact) mass is 846 g/mol. The maximum atomic E-state index is 12.5. The molecule has 0 saturated carbocycles. The van der Waals surface area contributed by atoms with Crippen molar-refractivity contribution in [3.05, 3.63) is 167 Å². The van der Waals surface area contributed by atoms with Crippen molar-refractivity contribution in [1.29, 1.82) is 0 Å². The zero-order valence-electron chi connectivity index (χ0n) is 42.1. The summed E-state index contributed by atoms with van der Waals surface area (Å²) in [5, 5.41) is 12.5. The number of para-hydroxylation sites is 1. The highest BCUT2D eigenvalue weighted by molar-refractivity contribution is 5.97. The Balaban J connectivity index is 1.41. The van der Waals surface area contributed by atoms with Crippen LogP contribution in [0.3, 0.4) is 0 Å². The molecule has 0 aliphatic heterocycles. The Bertz CT molecular complexity index is 3060. The van der Waals surface area contributed by atoms with Crippen molar-refractivity contribution in [1.82, 2.24) is 14.5 Å². The van der Waals surface area contributed by atoms with Crippen LogP contribution in [0.4, 0.5) is 0 Å². The number of aromatic nitrogens is 3. The first-order valence-electron chi connectivity index (χ1n) is 23.6. The fraction of sp³-hybridized carbons (Fsp3) is 0.300. The SMILES string of the molecule is [2H]C(C)(C)c1cccc(C([2H])(C)C)c1-c1ccc(-n2c(-c3cc(C(C)(C)C)cc(C(C)(C)C)c3O)nc3c(-c4cc(-c5cc(-c6ccccc6)ccn5)cc(C(C)(C)C)c4)cccc32)cc1. The van der Waals surface area contributed by atoms with E-state index in [2.05, 4.69) is 176 Å². The third-order valence-corrected chi connectivity index (χ3v) is 12.5. The topological polar surface area (TPSA) is 50.9 Å². The number of benzene rings is 6. The van der Waals surface area contributed by atoms with Crippen LogP contribution in [0.1, 0.15) is 132 Å². The summed E-state index contributed by atoms with van der Waals surface area (Å²) >= 11 is 0. The van der Waals surface area contributed by atoms with Crippen molar-refractivity contribution < 1.29 is 7.85 Å². The van der Waals surface area contributed by atoms with Crippen LogP contribution in [0.15, 0.2) is 140 Å². The van der Waals surface area contributed by atoms with Crippen molar-refractivity contribution in [2.24, 2.45) is 0 Å². The largest absolute Gasteiger partial charge is 0.507 e. The van der Waals surface area contributed by atoms with Gasteiger partial charge in [0.25, 0.3) is 0 Å². The molecule has 1 N–H and O–H groups in total. The van der Waals surface area contributed by atoms with Gasteiger partial charge in [0.05, 0.1) is 22.3 Å². The molecule has 0 amide bonds. The molecule has 0 aliphatic rings. The number of nitrogens with zero attached hydrogens (tertiary/aromatic N) is 3. The fourth-order valence-corrected chi connectivity index (χ4v) is 8.82. The molecule has 0 bridgehead atoms. The Morgan fingerprint density at radius 3 is 1.75 bits per heavy atom. The summed E-state index contributed by atoms with van der Waals surface area (Å²) in [6, 6.07) is 46.6. The van der Waals surface area contributed by atoms with Crippen molar-refractivity contribution >= 4 is 11.0 Å². The molecule has 6 aromatic carbocycles. The van der Waals surface area contributed by atoms with E-state index in [9.17, 15) is 5.11 Å². The van der Waals surface area contributed by atoms with E-state index in [1.807, 2.05) is 58.2 Å². The number of hydrogen-bond acceptors (Lipinski definition) is 3. The van der Waals surface area contributed by atoms with Gasteiger partial charge in [-0.2, -0.15) is 0 Å². The van der Waals surface area contributed by atoms with Crippen molar-refractivity contribution in [2.75, 3.05) is 0 Å². The maximum Gasteiger partial charge on any atom is 0.149 e. The number of phenolic OH excluding ortho intramolecular Hbond substituents is 1. The predicted molar refractivity (Wildman–Crippen MR) is 272 cm³/mol.